The number of hydrogen-bond donors (Lipinski definition) is 1. The van der Waals surface area contributed by atoms with Crippen LogP contribution in [0.15, 0.2) is 73.1 Å². The number of carbonyl (C=O) groups excluding carboxylic acids is 2. The predicted molar refractivity (Wildman–Crippen MR) is 109 cm³/mol. The highest BCUT2D eigenvalue weighted by Gasteiger charge is 2.30. The molecule has 3 amide bonds. The number of nitrogens with one attached hydrogen (secondary N) is 1. The molecule has 0 bridgehead atoms. The first-order valence-corrected chi connectivity index (χ1v) is 9.55. The second-order valence-corrected chi connectivity index (χ2v) is 6.87. The van der Waals surface area contributed by atoms with Crippen molar-refractivity contribution in [2.75, 3.05) is 24.5 Å². The van der Waals surface area contributed by atoms with Gasteiger partial charge in [0.15, 0.2) is 5.82 Å². The number of piperazine rings is 1. The van der Waals surface area contributed by atoms with Gasteiger partial charge >= 0.3 is 6.03 Å². The molecule has 2 heterocycles. The van der Waals surface area contributed by atoms with Gasteiger partial charge in [-0.25, -0.2) is 19.2 Å². The van der Waals surface area contributed by atoms with Crippen molar-refractivity contribution in [3.05, 3.63) is 90.0 Å². The SMILES string of the molecule is O=C(NC(c1ccccc1)c1ccccc1)N1CCN(c2ncc(F)cn2)C(=O)C1. The highest BCUT2D eigenvalue weighted by Crippen LogP contribution is 2.22. The van der Waals surface area contributed by atoms with E-state index >= 15 is 0 Å². The van der Waals surface area contributed by atoms with Crippen molar-refractivity contribution >= 4 is 17.9 Å². The molecule has 0 radical (unpaired) electrons. The average molecular weight is 405 g/mol. The molecule has 0 saturated carbocycles. The standard InChI is InChI=1S/C22H20FN5O2/c23-18-13-24-21(25-14-18)28-12-11-27(15-19(28)29)22(30)26-20(16-7-3-1-4-8-16)17-9-5-2-6-10-17/h1-10,13-14,20H,11-12,15H2,(H,26,30). The fraction of sp³-hybridized carbons (Fsp3) is 0.182. The Labute approximate surface area is 173 Å². The quantitative estimate of drug-likeness (QED) is 0.724. The maximum Gasteiger partial charge on any atom is 0.318 e. The topological polar surface area (TPSA) is 78.4 Å². The molecule has 1 aromatic heterocycles. The normalized spacial score (nSPS) is 14.1. The molecule has 152 valence electrons. The molecule has 1 aliphatic heterocycles. The summed E-state index contributed by atoms with van der Waals surface area (Å²) in [5.74, 6) is -0.760. The Kier molecular flexibility index (Phi) is 5.65. The van der Waals surface area contributed by atoms with Crippen molar-refractivity contribution < 1.29 is 14.0 Å². The zero-order valence-corrected chi connectivity index (χ0v) is 16.1. The Hall–Kier alpha value is -3.81. The number of urea groups is 1. The van der Waals surface area contributed by atoms with Gasteiger partial charge in [-0.15, -0.1) is 0 Å². The van der Waals surface area contributed by atoms with E-state index in [2.05, 4.69) is 15.3 Å². The molecule has 8 heteroatoms. The highest BCUT2D eigenvalue weighted by atomic mass is 19.1. The van der Waals surface area contributed by atoms with Crippen molar-refractivity contribution in [3.63, 3.8) is 0 Å². The number of nitrogens with zero attached hydrogens (tertiary/aromatic N) is 4. The molecule has 2 aromatic carbocycles. The van der Waals surface area contributed by atoms with E-state index in [9.17, 15) is 14.0 Å². The summed E-state index contributed by atoms with van der Waals surface area (Å²) in [5, 5.41) is 3.04. The smallest absolute Gasteiger partial charge is 0.318 e. The van der Waals surface area contributed by atoms with Gasteiger partial charge in [-0.05, 0) is 11.1 Å². The first kappa shape index (κ1) is 19.5. The Bertz CT molecular complexity index is 975. The lowest BCUT2D eigenvalue weighted by atomic mass is 9.99. The van der Waals surface area contributed by atoms with Crippen LogP contribution >= 0.6 is 0 Å². The summed E-state index contributed by atoms with van der Waals surface area (Å²) in [6, 6.07) is 18.6. The van der Waals surface area contributed by atoms with E-state index in [0.717, 1.165) is 23.5 Å². The van der Waals surface area contributed by atoms with Gasteiger partial charge in [0.05, 0.1) is 18.4 Å². The maximum absolute atomic E-state index is 13.0. The lowest BCUT2D eigenvalue weighted by Crippen LogP contribution is -2.55. The van der Waals surface area contributed by atoms with E-state index in [1.165, 1.54) is 9.80 Å². The Morgan fingerprint density at radius 2 is 1.50 bits per heavy atom. The summed E-state index contributed by atoms with van der Waals surface area (Å²) in [6.45, 7) is 0.441. The number of carbonyl (C=O) groups is 2. The van der Waals surface area contributed by atoms with Crippen molar-refractivity contribution in [3.8, 4) is 0 Å². The zero-order chi connectivity index (χ0) is 20.9. The van der Waals surface area contributed by atoms with Crippen LogP contribution in [0.2, 0.25) is 0 Å². The van der Waals surface area contributed by atoms with Gasteiger partial charge in [0.2, 0.25) is 11.9 Å². The van der Waals surface area contributed by atoms with Gasteiger partial charge < -0.3 is 10.2 Å². The third-order valence-electron chi connectivity index (χ3n) is 4.89. The Morgan fingerprint density at radius 3 is 2.03 bits per heavy atom. The van der Waals surface area contributed by atoms with E-state index in [4.69, 9.17) is 0 Å². The van der Waals surface area contributed by atoms with Crippen LogP contribution in [0.25, 0.3) is 0 Å². The molecule has 0 spiro atoms. The summed E-state index contributed by atoms with van der Waals surface area (Å²) in [6.07, 6.45) is 2.03. The molecule has 1 N–H and O–H groups in total. The minimum absolute atomic E-state index is 0.108. The van der Waals surface area contributed by atoms with Crippen LogP contribution in [0, 0.1) is 5.82 Å². The Morgan fingerprint density at radius 1 is 0.933 bits per heavy atom. The van der Waals surface area contributed by atoms with Crippen LogP contribution in [0.5, 0.6) is 0 Å². The number of rotatable bonds is 4. The number of amides is 3. The van der Waals surface area contributed by atoms with Crippen LogP contribution in [0.3, 0.4) is 0 Å². The molecule has 3 aromatic rings. The molecule has 7 nitrogen and oxygen atoms in total. The third-order valence-corrected chi connectivity index (χ3v) is 4.89. The molecular formula is C22H20FN5O2. The fourth-order valence-corrected chi connectivity index (χ4v) is 3.37. The van der Waals surface area contributed by atoms with Gasteiger partial charge in [-0.1, -0.05) is 60.7 Å². The van der Waals surface area contributed by atoms with Crippen LogP contribution in [-0.4, -0.2) is 46.4 Å². The zero-order valence-electron chi connectivity index (χ0n) is 16.1. The van der Waals surface area contributed by atoms with Crippen LogP contribution < -0.4 is 10.2 Å². The maximum atomic E-state index is 13.0. The van der Waals surface area contributed by atoms with E-state index in [1.54, 1.807) is 0 Å². The van der Waals surface area contributed by atoms with Gasteiger partial charge in [0.1, 0.15) is 6.54 Å². The molecule has 1 aliphatic rings. The lowest BCUT2D eigenvalue weighted by Gasteiger charge is -2.34. The van der Waals surface area contributed by atoms with Gasteiger partial charge in [0, 0.05) is 13.1 Å². The summed E-state index contributed by atoms with van der Waals surface area (Å²) < 4.78 is 13.0. The Balaban J connectivity index is 1.47. The number of aromatic nitrogens is 2. The number of hydrogen-bond acceptors (Lipinski definition) is 4. The van der Waals surface area contributed by atoms with Crippen molar-refractivity contribution in [2.45, 2.75) is 6.04 Å². The second-order valence-electron chi connectivity index (χ2n) is 6.87. The van der Waals surface area contributed by atoms with Crippen molar-refractivity contribution in [2.24, 2.45) is 0 Å². The minimum Gasteiger partial charge on any atom is -0.327 e. The largest absolute Gasteiger partial charge is 0.327 e. The molecule has 0 aliphatic carbocycles. The molecule has 1 saturated heterocycles. The summed E-state index contributed by atoms with van der Waals surface area (Å²) in [7, 11) is 0. The van der Waals surface area contributed by atoms with Crippen LogP contribution in [0.4, 0.5) is 15.1 Å². The molecule has 0 unspecified atom stereocenters. The van der Waals surface area contributed by atoms with Crippen LogP contribution in [-0.2, 0) is 4.79 Å². The number of halogens is 1. The third kappa shape index (κ3) is 4.27. The lowest BCUT2D eigenvalue weighted by molar-refractivity contribution is -0.120. The van der Waals surface area contributed by atoms with Gasteiger partial charge in [-0.2, -0.15) is 0 Å². The monoisotopic (exact) mass is 405 g/mol. The summed E-state index contributed by atoms with van der Waals surface area (Å²) >= 11 is 0. The fourth-order valence-electron chi connectivity index (χ4n) is 3.37. The van der Waals surface area contributed by atoms with Gasteiger partial charge in [-0.3, -0.25) is 9.69 Å². The number of benzene rings is 2. The minimum atomic E-state index is -0.572. The average Bonchev–Trinajstić information content (AvgIpc) is 2.79. The molecule has 1 fully saturated rings. The first-order valence-electron chi connectivity index (χ1n) is 9.55. The van der Waals surface area contributed by atoms with E-state index in [0.29, 0.717) is 6.54 Å². The number of anilines is 1. The van der Waals surface area contributed by atoms with Crippen LogP contribution in [0.1, 0.15) is 17.2 Å². The van der Waals surface area contributed by atoms with E-state index < -0.39 is 5.82 Å². The molecule has 0 atom stereocenters. The second kappa shape index (κ2) is 8.69. The van der Waals surface area contributed by atoms with E-state index in [1.807, 2.05) is 60.7 Å². The highest BCUT2D eigenvalue weighted by molar-refractivity contribution is 5.96. The predicted octanol–water partition coefficient (Wildman–Crippen LogP) is 2.76. The van der Waals surface area contributed by atoms with Gasteiger partial charge in [0.25, 0.3) is 0 Å². The first-order chi connectivity index (χ1) is 14.6. The summed E-state index contributed by atoms with van der Waals surface area (Å²) in [4.78, 5) is 36.0. The molecular weight excluding hydrogens is 385 g/mol. The van der Waals surface area contributed by atoms with Crippen molar-refractivity contribution in [1.82, 2.24) is 20.2 Å². The summed E-state index contributed by atoms with van der Waals surface area (Å²) in [5.41, 5.74) is 1.89. The van der Waals surface area contributed by atoms with E-state index in [-0.39, 0.29) is 37.0 Å². The molecule has 4 rings (SSSR count). The van der Waals surface area contributed by atoms with Crippen molar-refractivity contribution in [1.29, 1.82) is 0 Å². The molecule has 30 heavy (non-hydrogen) atoms.